The summed E-state index contributed by atoms with van der Waals surface area (Å²) in [4.78, 5) is 0. The normalized spacial score (nSPS) is 28.6. The first-order chi connectivity index (χ1) is 7.55. The minimum Gasteiger partial charge on any atom is -0.313 e. The fourth-order valence-corrected chi connectivity index (χ4v) is 4.86. The average Bonchev–Trinajstić information content (AvgIpc) is 2.19. The molecule has 0 spiro atoms. The van der Waals surface area contributed by atoms with E-state index >= 15 is 0 Å². The van der Waals surface area contributed by atoms with Crippen molar-refractivity contribution in [1.82, 2.24) is 5.32 Å². The Balaban J connectivity index is 1.75. The number of thioether (sulfide) groups is 1. The third-order valence-corrected chi connectivity index (χ3v) is 7.10. The van der Waals surface area contributed by atoms with E-state index in [1.54, 1.807) is 0 Å². The van der Waals surface area contributed by atoms with Crippen LogP contribution in [0.1, 0.15) is 32.1 Å². The molecule has 16 heavy (non-hydrogen) atoms. The average molecular weight is 263 g/mol. The van der Waals surface area contributed by atoms with Gasteiger partial charge in [0.15, 0.2) is 0 Å². The van der Waals surface area contributed by atoms with Crippen LogP contribution in [-0.2, 0) is 9.84 Å². The standard InChI is InChI=1S/C11H21NO2S2/c1-15-11(5-2-6-11)9-12-10-3-7-16(13,14)8-4-10/h10,12H,2-9H2,1H3. The van der Waals surface area contributed by atoms with Gasteiger partial charge in [0.05, 0.1) is 11.5 Å². The molecule has 1 aliphatic carbocycles. The first-order valence-corrected chi connectivity index (χ1v) is 9.09. The summed E-state index contributed by atoms with van der Waals surface area (Å²) in [7, 11) is -2.71. The van der Waals surface area contributed by atoms with Gasteiger partial charge in [0.1, 0.15) is 9.84 Å². The molecule has 1 saturated carbocycles. The highest BCUT2D eigenvalue weighted by atomic mass is 32.2. The molecular formula is C11H21NO2S2. The Hall–Kier alpha value is 0.260. The van der Waals surface area contributed by atoms with Crippen LogP contribution in [0.25, 0.3) is 0 Å². The highest BCUT2D eigenvalue weighted by molar-refractivity contribution is 8.00. The number of hydrogen-bond acceptors (Lipinski definition) is 4. The van der Waals surface area contributed by atoms with Crippen LogP contribution < -0.4 is 5.32 Å². The molecule has 2 rings (SSSR count). The second kappa shape index (κ2) is 4.86. The Bertz CT molecular complexity index is 316. The molecule has 0 bridgehead atoms. The lowest BCUT2D eigenvalue weighted by Crippen LogP contribution is -2.48. The van der Waals surface area contributed by atoms with E-state index in [1.165, 1.54) is 19.3 Å². The summed E-state index contributed by atoms with van der Waals surface area (Å²) >= 11 is 1.97. The molecule has 0 radical (unpaired) electrons. The van der Waals surface area contributed by atoms with Gasteiger partial charge in [-0.15, -0.1) is 0 Å². The topological polar surface area (TPSA) is 46.2 Å². The monoisotopic (exact) mass is 263 g/mol. The zero-order chi connectivity index (χ0) is 11.6. The third kappa shape index (κ3) is 2.93. The molecule has 1 saturated heterocycles. The lowest BCUT2D eigenvalue weighted by atomic mass is 9.84. The predicted molar refractivity (Wildman–Crippen MR) is 69.8 cm³/mol. The van der Waals surface area contributed by atoms with Gasteiger partial charge in [-0.25, -0.2) is 8.42 Å². The molecule has 1 heterocycles. The molecule has 1 N–H and O–H groups in total. The summed E-state index contributed by atoms with van der Waals surface area (Å²) in [6.45, 7) is 1.05. The van der Waals surface area contributed by atoms with Crippen molar-refractivity contribution in [3.05, 3.63) is 0 Å². The lowest BCUT2D eigenvalue weighted by Gasteiger charge is -2.42. The smallest absolute Gasteiger partial charge is 0.150 e. The van der Waals surface area contributed by atoms with Gasteiger partial charge >= 0.3 is 0 Å². The predicted octanol–water partition coefficient (Wildman–Crippen LogP) is 1.44. The van der Waals surface area contributed by atoms with Gasteiger partial charge in [-0.05, 0) is 31.9 Å². The molecule has 0 amide bonds. The van der Waals surface area contributed by atoms with Gasteiger partial charge in [0, 0.05) is 17.3 Å². The molecule has 2 aliphatic rings. The zero-order valence-electron chi connectivity index (χ0n) is 9.87. The highest BCUT2D eigenvalue weighted by Gasteiger charge is 2.36. The molecule has 0 aromatic carbocycles. The molecule has 2 fully saturated rings. The van der Waals surface area contributed by atoms with Crippen molar-refractivity contribution >= 4 is 21.6 Å². The summed E-state index contributed by atoms with van der Waals surface area (Å²) in [5.41, 5.74) is 0. The van der Waals surface area contributed by atoms with Gasteiger partial charge in [0.25, 0.3) is 0 Å². The highest BCUT2D eigenvalue weighted by Crippen LogP contribution is 2.42. The van der Waals surface area contributed by atoms with E-state index in [4.69, 9.17) is 0 Å². The van der Waals surface area contributed by atoms with Gasteiger partial charge in [0.2, 0.25) is 0 Å². The van der Waals surface area contributed by atoms with Gasteiger partial charge in [-0.1, -0.05) is 6.42 Å². The maximum atomic E-state index is 11.3. The van der Waals surface area contributed by atoms with Crippen LogP contribution in [0, 0.1) is 0 Å². The van der Waals surface area contributed by atoms with Crippen LogP contribution in [0.15, 0.2) is 0 Å². The van der Waals surface area contributed by atoms with E-state index < -0.39 is 9.84 Å². The maximum absolute atomic E-state index is 11.3. The molecule has 1 aliphatic heterocycles. The molecule has 0 atom stereocenters. The fourth-order valence-electron chi connectivity index (χ4n) is 2.45. The minimum atomic E-state index is -2.71. The van der Waals surface area contributed by atoms with Gasteiger partial charge in [-0.3, -0.25) is 0 Å². The SMILES string of the molecule is CSC1(CNC2CCS(=O)(=O)CC2)CCC1. The molecule has 94 valence electrons. The van der Waals surface area contributed by atoms with Crippen LogP contribution in [-0.4, -0.2) is 43.5 Å². The van der Waals surface area contributed by atoms with Crippen LogP contribution in [0.4, 0.5) is 0 Å². The Kier molecular flexibility index (Phi) is 3.86. The molecule has 5 heteroatoms. The molecule has 0 aromatic rings. The van der Waals surface area contributed by atoms with Crippen molar-refractivity contribution in [3.8, 4) is 0 Å². The van der Waals surface area contributed by atoms with Crippen molar-refractivity contribution in [1.29, 1.82) is 0 Å². The number of hydrogen-bond donors (Lipinski definition) is 1. The first-order valence-electron chi connectivity index (χ1n) is 6.04. The van der Waals surface area contributed by atoms with Gasteiger partial charge < -0.3 is 5.32 Å². The van der Waals surface area contributed by atoms with E-state index in [0.29, 0.717) is 22.3 Å². The summed E-state index contributed by atoms with van der Waals surface area (Å²) in [5.74, 6) is 0.744. The third-order valence-electron chi connectivity index (χ3n) is 3.97. The number of sulfone groups is 1. The molecule has 0 aromatic heterocycles. The minimum absolute atomic E-state index is 0.372. The first kappa shape index (κ1) is 12.7. The Morgan fingerprint density at radius 2 is 1.94 bits per heavy atom. The second-order valence-electron chi connectivity index (χ2n) is 5.05. The quantitative estimate of drug-likeness (QED) is 0.834. The summed E-state index contributed by atoms with van der Waals surface area (Å²) in [6.07, 6.45) is 7.76. The maximum Gasteiger partial charge on any atom is 0.150 e. The molecule has 3 nitrogen and oxygen atoms in total. The zero-order valence-corrected chi connectivity index (χ0v) is 11.5. The van der Waals surface area contributed by atoms with Gasteiger partial charge in [-0.2, -0.15) is 11.8 Å². The van der Waals surface area contributed by atoms with Crippen molar-refractivity contribution in [3.63, 3.8) is 0 Å². The van der Waals surface area contributed by atoms with E-state index in [2.05, 4.69) is 11.6 Å². The number of rotatable bonds is 4. The fraction of sp³-hybridized carbons (Fsp3) is 1.00. The van der Waals surface area contributed by atoms with E-state index in [-0.39, 0.29) is 0 Å². The van der Waals surface area contributed by atoms with Crippen LogP contribution in [0.3, 0.4) is 0 Å². The number of nitrogens with one attached hydrogen (secondary N) is 1. The Morgan fingerprint density at radius 1 is 1.31 bits per heavy atom. The Labute approximate surface area is 103 Å². The second-order valence-corrected chi connectivity index (χ2v) is 8.63. The van der Waals surface area contributed by atoms with Crippen LogP contribution in [0.2, 0.25) is 0 Å². The largest absolute Gasteiger partial charge is 0.313 e. The van der Waals surface area contributed by atoms with E-state index in [1.807, 2.05) is 11.8 Å². The summed E-state index contributed by atoms with van der Waals surface area (Å²) in [5, 5.41) is 3.57. The van der Waals surface area contributed by atoms with Crippen molar-refractivity contribution < 1.29 is 8.42 Å². The summed E-state index contributed by atoms with van der Waals surface area (Å²) < 4.78 is 23.0. The van der Waals surface area contributed by atoms with Crippen molar-refractivity contribution in [2.75, 3.05) is 24.3 Å². The van der Waals surface area contributed by atoms with Crippen LogP contribution >= 0.6 is 11.8 Å². The summed E-state index contributed by atoms with van der Waals surface area (Å²) in [6, 6.07) is 0.424. The van der Waals surface area contributed by atoms with Crippen molar-refractivity contribution in [2.45, 2.75) is 42.9 Å². The van der Waals surface area contributed by atoms with E-state index in [9.17, 15) is 8.42 Å². The van der Waals surface area contributed by atoms with Crippen molar-refractivity contribution in [2.24, 2.45) is 0 Å². The lowest BCUT2D eigenvalue weighted by molar-refractivity contribution is 0.323. The van der Waals surface area contributed by atoms with Crippen LogP contribution in [0.5, 0.6) is 0 Å². The molecular weight excluding hydrogens is 242 g/mol. The van der Waals surface area contributed by atoms with E-state index in [0.717, 1.165) is 19.4 Å². The Morgan fingerprint density at radius 3 is 2.38 bits per heavy atom. The molecule has 0 unspecified atom stereocenters.